The molecule has 0 aliphatic carbocycles. The monoisotopic (exact) mass is 210 g/mol. The molecule has 0 saturated carbocycles. The SMILES string of the molecule is CCCC(CN)C(=O)Nc1cc(C)[nH]n1. The highest BCUT2D eigenvalue weighted by Gasteiger charge is 2.16. The molecule has 0 aliphatic rings. The zero-order valence-electron chi connectivity index (χ0n) is 9.21. The van der Waals surface area contributed by atoms with Crippen LogP contribution >= 0.6 is 0 Å². The zero-order chi connectivity index (χ0) is 11.3. The van der Waals surface area contributed by atoms with Crippen LogP contribution in [0.5, 0.6) is 0 Å². The standard InChI is InChI=1S/C10H18N4O/c1-3-4-8(6-11)10(15)12-9-5-7(2)13-14-9/h5,8H,3-4,6,11H2,1-2H3,(H2,12,13,14,15). The van der Waals surface area contributed by atoms with E-state index in [9.17, 15) is 4.79 Å². The van der Waals surface area contributed by atoms with Crippen LogP contribution in [0.1, 0.15) is 25.5 Å². The Morgan fingerprint density at radius 1 is 1.73 bits per heavy atom. The van der Waals surface area contributed by atoms with Crippen molar-refractivity contribution in [3.05, 3.63) is 11.8 Å². The van der Waals surface area contributed by atoms with Gasteiger partial charge in [-0.1, -0.05) is 13.3 Å². The first-order chi connectivity index (χ1) is 7.17. The van der Waals surface area contributed by atoms with Crippen LogP contribution in [0.2, 0.25) is 0 Å². The Morgan fingerprint density at radius 2 is 2.47 bits per heavy atom. The van der Waals surface area contributed by atoms with Crippen molar-refractivity contribution in [1.82, 2.24) is 10.2 Å². The number of aromatic amines is 1. The van der Waals surface area contributed by atoms with Crippen LogP contribution in [0.4, 0.5) is 5.82 Å². The van der Waals surface area contributed by atoms with Crippen LogP contribution < -0.4 is 11.1 Å². The molecule has 0 bridgehead atoms. The van der Waals surface area contributed by atoms with E-state index >= 15 is 0 Å². The molecule has 1 aromatic heterocycles. The van der Waals surface area contributed by atoms with Crippen molar-refractivity contribution in [2.24, 2.45) is 11.7 Å². The van der Waals surface area contributed by atoms with Gasteiger partial charge in [0.25, 0.3) is 0 Å². The van der Waals surface area contributed by atoms with Gasteiger partial charge in [0, 0.05) is 18.3 Å². The molecule has 1 unspecified atom stereocenters. The number of nitrogens with one attached hydrogen (secondary N) is 2. The summed E-state index contributed by atoms with van der Waals surface area (Å²) >= 11 is 0. The zero-order valence-corrected chi connectivity index (χ0v) is 9.21. The number of aromatic nitrogens is 2. The summed E-state index contributed by atoms with van der Waals surface area (Å²) < 4.78 is 0. The Kier molecular flexibility index (Phi) is 4.30. The fraction of sp³-hybridized carbons (Fsp3) is 0.600. The summed E-state index contributed by atoms with van der Waals surface area (Å²) in [5.41, 5.74) is 6.45. The quantitative estimate of drug-likeness (QED) is 0.678. The van der Waals surface area contributed by atoms with Crippen molar-refractivity contribution in [3.63, 3.8) is 0 Å². The maximum Gasteiger partial charge on any atom is 0.229 e. The predicted octanol–water partition coefficient (Wildman–Crippen LogP) is 1.03. The van der Waals surface area contributed by atoms with Gasteiger partial charge >= 0.3 is 0 Å². The summed E-state index contributed by atoms with van der Waals surface area (Å²) in [5.74, 6) is 0.393. The first-order valence-corrected chi connectivity index (χ1v) is 5.20. The molecule has 1 aromatic rings. The second-order valence-corrected chi connectivity index (χ2v) is 3.65. The molecule has 84 valence electrons. The minimum Gasteiger partial charge on any atom is -0.330 e. The van der Waals surface area contributed by atoms with Gasteiger partial charge < -0.3 is 11.1 Å². The number of nitrogens with two attached hydrogens (primary N) is 1. The third kappa shape index (κ3) is 3.36. The first-order valence-electron chi connectivity index (χ1n) is 5.20. The van der Waals surface area contributed by atoms with E-state index in [2.05, 4.69) is 15.5 Å². The molecular formula is C10H18N4O. The molecular weight excluding hydrogens is 192 g/mol. The summed E-state index contributed by atoms with van der Waals surface area (Å²) in [5, 5.41) is 9.44. The van der Waals surface area contributed by atoms with Crippen LogP contribution in [-0.2, 0) is 4.79 Å². The molecule has 5 nitrogen and oxygen atoms in total. The Bertz CT molecular complexity index is 321. The highest BCUT2D eigenvalue weighted by Crippen LogP contribution is 2.09. The lowest BCUT2D eigenvalue weighted by atomic mass is 10.0. The van der Waals surface area contributed by atoms with Crippen molar-refractivity contribution in [2.45, 2.75) is 26.7 Å². The Morgan fingerprint density at radius 3 is 2.93 bits per heavy atom. The molecule has 0 saturated heterocycles. The van der Waals surface area contributed by atoms with E-state index in [1.54, 1.807) is 6.07 Å². The molecule has 4 N–H and O–H groups in total. The van der Waals surface area contributed by atoms with Gasteiger partial charge in [-0.05, 0) is 13.3 Å². The number of carbonyl (C=O) groups excluding carboxylic acids is 1. The van der Waals surface area contributed by atoms with Crippen LogP contribution in [0.25, 0.3) is 0 Å². The highest BCUT2D eigenvalue weighted by molar-refractivity contribution is 5.91. The number of amides is 1. The lowest BCUT2D eigenvalue weighted by Crippen LogP contribution is -2.29. The fourth-order valence-electron chi connectivity index (χ4n) is 1.41. The predicted molar refractivity (Wildman–Crippen MR) is 59.4 cm³/mol. The summed E-state index contributed by atoms with van der Waals surface area (Å²) in [7, 11) is 0. The molecule has 15 heavy (non-hydrogen) atoms. The van der Waals surface area contributed by atoms with Gasteiger partial charge in [-0.15, -0.1) is 0 Å². The van der Waals surface area contributed by atoms with Gasteiger partial charge in [-0.2, -0.15) is 5.10 Å². The molecule has 0 radical (unpaired) electrons. The van der Waals surface area contributed by atoms with Crippen molar-refractivity contribution >= 4 is 11.7 Å². The van der Waals surface area contributed by atoms with E-state index in [-0.39, 0.29) is 11.8 Å². The number of aryl methyl sites for hydroxylation is 1. The number of hydrogen-bond donors (Lipinski definition) is 3. The second kappa shape index (κ2) is 5.50. The third-order valence-corrected chi connectivity index (χ3v) is 2.25. The molecule has 0 aliphatic heterocycles. The van der Waals surface area contributed by atoms with Crippen molar-refractivity contribution in [2.75, 3.05) is 11.9 Å². The van der Waals surface area contributed by atoms with Crippen LogP contribution in [0.15, 0.2) is 6.07 Å². The van der Waals surface area contributed by atoms with Gasteiger partial charge in [0.15, 0.2) is 5.82 Å². The minimum atomic E-state index is -0.119. The smallest absolute Gasteiger partial charge is 0.229 e. The largest absolute Gasteiger partial charge is 0.330 e. The first kappa shape index (κ1) is 11.7. The molecule has 0 fully saturated rings. The maximum atomic E-state index is 11.7. The topological polar surface area (TPSA) is 83.8 Å². The van der Waals surface area contributed by atoms with Gasteiger partial charge in [0.05, 0.1) is 5.92 Å². The van der Waals surface area contributed by atoms with E-state index in [4.69, 9.17) is 5.73 Å². The highest BCUT2D eigenvalue weighted by atomic mass is 16.2. The number of anilines is 1. The summed E-state index contributed by atoms with van der Waals surface area (Å²) in [4.78, 5) is 11.7. The Labute approximate surface area is 89.4 Å². The van der Waals surface area contributed by atoms with Crippen LogP contribution in [-0.4, -0.2) is 22.6 Å². The van der Waals surface area contributed by atoms with Gasteiger partial charge in [-0.25, -0.2) is 0 Å². The Balaban J connectivity index is 2.53. The van der Waals surface area contributed by atoms with Gasteiger partial charge in [-0.3, -0.25) is 9.89 Å². The lowest BCUT2D eigenvalue weighted by Gasteiger charge is -2.11. The van der Waals surface area contributed by atoms with Crippen molar-refractivity contribution in [1.29, 1.82) is 0 Å². The molecule has 0 aromatic carbocycles. The van der Waals surface area contributed by atoms with E-state index < -0.39 is 0 Å². The normalized spacial score (nSPS) is 12.5. The molecule has 0 spiro atoms. The third-order valence-electron chi connectivity index (χ3n) is 2.25. The molecule has 1 heterocycles. The molecule has 1 rings (SSSR count). The average molecular weight is 210 g/mol. The number of carbonyl (C=O) groups is 1. The van der Waals surface area contributed by atoms with Gasteiger partial charge in [0.1, 0.15) is 0 Å². The molecule has 5 heteroatoms. The van der Waals surface area contributed by atoms with Crippen molar-refractivity contribution < 1.29 is 4.79 Å². The number of nitrogens with zero attached hydrogens (tertiary/aromatic N) is 1. The van der Waals surface area contributed by atoms with Crippen molar-refractivity contribution in [3.8, 4) is 0 Å². The minimum absolute atomic E-state index is 0.0501. The van der Waals surface area contributed by atoms with E-state index in [1.165, 1.54) is 0 Å². The Hall–Kier alpha value is -1.36. The average Bonchev–Trinajstić information content (AvgIpc) is 2.60. The van der Waals surface area contributed by atoms with Crippen LogP contribution in [0.3, 0.4) is 0 Å². The summed E-state index contributed by atoms with van der Waals surface area (Å²) in [6.45, 7) is 4.30. The lowest BCUT2D eigenvalue weighted by molar-refractivity contribution is -0.119. The summed E-state index contributed by atoms with van der Waals surface area (Å²) in [6, 6.07) is 1.79. The molecule has 1 amide bonds. The second-order valence-electron chi connectivity index (χ2n) is 3.65. The number of H-pyrrole nitrogens is 1. The summed E-state index contributed by atoms with van der Waals surface area (Å²) in [6.07, 6.45) is 1.76. The van der Waals surface area contributed by atoms with Crippen LogP contribution in [0, 0.1) is 12.8 Å². The van der Waals surface area contributed by atoms with E-state index in [1.807, 2.05) is 13.8 Å². The number of hydrogen-bond acceptors (Lipinski definition) is 3. The van der Waals surface area contributed by atoms with Gasteiger partial charge in [0.2, 0.25) is 5.91 Å². The maximum absolute atomic E-state index is 11.7. The number of rotatable bonds is 5. The fourth-order valence-corrected chi connectivity index (χ4v) is 1.41. The van der Waals surface area contributed by atoms with E-state index in [0.717, 1.165) is 18.5 Å². The molecule has 1 atom stereocenters. The van der Waals surface area contributed by atoms with E-state index in [0.29, 0.717) is 12.4 Å².